The molecule has 0 spiro atoms. The second kappa shape index (κ2) is 6.40. The van der Waals surface area contributed by atoms with Crippen molar-refractivity contribution in [3.05, 3.63) is 29.3 Å². The number of nitrogens with one attached hydrogen (secondary N) is 1. The molecule has 1 aromatic carbocycles. The average molecular weight is 303 g/mol. The van der Waals surface area contributed by atoms with E-state index in [1.807, 2.05) is 6.26 Å². The highest BCUT2D eigenvalue weighted by molar-refractivity contribution is 7.98. The average Bonchev–Trinajstić information content (AvgIpc) is 2.27. The van der Waals surface area contributed by atoms with Crippen LogP contribution in [0, 0.1) is 6.92 Å². The lowest BCUT2D eigenvalue weighted by molar-refractivity contribution is 0.0696. The summed E-state index contributed by atoms with van der Waals surface area (Å²) in [5.74, 6) is -0.483. The van der Waals surface area contributed by atoms with Crippen LogP contribution in [0.4, 0.5) is 0 Å². The van der Waals surface area contributed by atoms with Gasteiger partial charge in [0.15, 0.2) is 0 Å². The molecular formula is C12H17NO4S2. The fraction of sp³-hybridized carbons (Fsp3) is 0.417. The van der Waals surface area contributed by atoms with Crippen LogP contribution in [0.1, 0.15) is 22.8 Å². The van der Waals surface area contributed by atoms with Gasteiger partial charge in [-0.2, -0.15) is 11.8 Å². The Hall–Kier alpha value is -1.05. The van der Waals surface area contributed by atoms with Crippen molar-refractivity contribution in [3.63, 3.8) is 0 Å². The van der Waals surface area contributed by atoms with Gasteiger partial charge in [0.2, 0.25) is 10.0 Å². The molecule has 0 aliphatic heterocycles. The monoisotopic (exact) mass is 303 g/mol. The first-order valence-corrected chi connectivity index (χ1v) is 8.51. The summed E-state index contributed by atoms with van der Waals surface area (Å²) in [5, 5.41) is 9.00. The summed E-state index contributed by atoms with van der Waals surface area (Å²) >= 11 is 1.54. The maximum atomic E-state index is 12.2. The Bertz CT molecular complexity index is 569. The third-order valence-corrected chi connectivity index (χ3v) is 5.14. The topological polar surface area (TPSA) is 83.5 Å². The molecule has 0 aliphatic carbocycles. The molecule has 5 nitrogen and oxygen atoms in total. The molecule has 2 N–H and O–H groups in total. The minimum absolute atomic E-state index is 0.000365. The van der Waals surface area contributed by atoms with Crippen molar-refractivity contribution in [3.8, 4) is 0 Å². The molecule has 1 rings (SSSR count). The van der Waals surface area contributed by atoms with Gasteiger partial charge in [-0.05, 0) is 37.8 Å². The van der Waals surface area contributed by atoms with E-state index in [1.165, 1.54) is 36.9 Å². The van der Waals surface area contributed by atoms with E-state index >= 15 is 0 Å². The van der Waals surface area contributed by atoms with Crippen LogP contribution < -0.4 is 4.72 Å². The summed E-state index contributed by atoms with van der Waals surface area (Å²) in [7, 11) is -3.70. The first-order valence-electron chi connectivity index (χ1n) is 5.63. The van der Waals surface area contributed by atoms with Crippen LogP contribution in [-0.2, 0) is 10.0 Å². The number of sulfonamides is 1. The highest BCUT2D eigenvalue weighted by Gasteiger charge is 2.22. The Morgan fingerprint density at radius 1 is 1.47 bits per heavy atom. The van der Waals surface area contributed by atoms with Crippen molar-refractivity contribution in [2.24, 2.45) is 0 Å². The van der Waals surface area contributed by atoms with Crippen molar-refractivity contribution in [2.75, 3.05) is 12.0 Å². The predicted molar refractivity (Wildman–Crippen MR) is 76.3 cm³/mol. The number of carbonyl (C=O) groups is 1. The Morgan fingerprint density at radius 2 is 2.11 bits per heavy atom. The number of thioether (sulfide) groups is 1. The Kier molecular flexibility index (Phi) is 5.39. The van der Waals surface area contributed by atoms with E-state index < -0.39 is 16.0 Å². The van der Waals surface area contributed by atoms with Gasteiger partial charge in [-0.15, -0.1) is 0 Å². The van der Waals surface area contributed by atoms with Gasteiger partial charge >= 0.3 is 5.97 Å². The SMILES string of the molecule is CSCC(C)NS(=O)(=O)c1cccc(C(=O)O)c1C. The Labute approximate surface area is 117 Å². The first kappa shape index (κ1) is 16.0. The summed E-state index contributed by atoms with van der Waals surface area (Å²) in [6, 6.07) is 4.02. The van der Waals surface area contributed by atoms with Gasteiger partial charge < -0.3 is 5.11 Å². The van der Waals surface area contributed by atoms with Crippen LogP contribution >= 0.6 is 11.8 Å². The fourth-order valence-electron chi connectivity index (χ4n) is 1.75. The van der Waals surface area contributed by atoms with Gasteiger partial charge in [-0.25, -0.2) is 17.9 Å². The summed E-state index contributed by atoms with van der Waals surface area (Å²) < 4.78 is 26.9. The second-order valence-electron chi connectivity index (χ2n) is 4.21. The number of carboxylic acid groups (broad SMARTS) is 1. The number of aromatic carboxylic acids is 1. The number of carboxylic acids is 1. The summed E-state index contributed by atoms with van der Waals surface area (Å²) in [6.45, 7) is 3.27. The Balaban J connectivity index is 3.15. The zero-order valence-corrected chi connectivity index (χ0v) is 12.6. The number of hydrogen-bond donors (Lipinski definition) is 2. The maximum absolute atomic E-state index is 12.2. The zero-order valence-electron chi connectivity index (χ0n) is 11.0. The molecule has 0 aromatic heterocycles. The first-order chi connectivity index (χ1) is 8.79. The smallest absolute Gasteiger partial charge is 0.335 e. The number of benzene rings is 1. The standard InChI is InChI=1S/C12H17NO4S2/c1-8(7-18-3)13-19(16,17)11-6-4-5-10(9(11)2)12(14)15/h4-6,8,13H,7H2,1-3H3,(H,14,15). The molecule has 0 saturated heterocycles. The lowest BCUT2D eigenvalue weighted by Crippen LogP contribution is -2.34. The largest absolute Gasteiger partial charge is 0.478 e. The molecule has 0 heterocycles. The minimum atomic E-state index is -3.70. The van der Waals surface area contributed by atoms with Crippen molar-refractivity contribution in [2.45, 2.75) is 24.8 Å². The third-order valence-electron chi connectivity index (χ3n) is 2.58. The van der Waals surface area contributed by atoms with Gasteiger partial charge in [-0.1, -0.05) is 6.07 Å². The summed E-state index contributed by atoms with van der Waals surface area (Å²) in [4.78, 5) is 11.0. The van der Waals surface area contributed by atoms with Crippen LogP contribution in [0.5, 0.6) is 0 Å². The highest BCUT2D eigenvalue weighted by Crippen LogP contribution is 2.19. The summed E-state index contributed by atoms with van der Waals surface area (Å²) in [5.41, 5.74) is 0.249. The highest BCUT2D eigenvalue weighted by atomic mass is 32.2. The summed E-state index contributed by atoms with van der Waals surface area (Å²) in [6.07, 6.45) is 1.89. The van der Waals surface area contributed by atoms with Gasteiger partial charge in [0.25, 0.3) is 0 Å². The second-order valence-corrected chi connectivity index (χ2v) is 6.80. The van der Waals surface area contributed by atoms with Crippen molar-refractivity contribution in [1.29, 1.82) is 0 Å². The van der Waals surface area contributed by atoms with Gasteiger partial charge in [0, 0.05) is 11.8 Å². The molecule has 0 fully saturated rings. The van der Waals surface area contributed by atoms with E-state index in [1.54, 1.807) is 6.92 Å². The normalized spacial score (nSPS) is 13.2. The molecule has 1 unspecified atom stereocenters. The molecule has 0 saturated carbocycles. The molecule has 0 bridgehead atoms. The third kappa shape index (κ3) is 3.95. The predicted octanol–water partition coefficient (Wildman–Crippen LogP) is 1.72. The zero-order chi connectivity index (χ0) is 14.6. The molecule has 7 heteroatoms. The molecular weight excluding hydrogens is 286 g/mol. The molecule has 0 radical (unpaired) electrons. The van der Waals surface area contributed by atoms with Crippen LogP contribution in [0.3, 0.4) is 0 Å². The molecule has 19 heavy (non-hydrogen) atoms. The molecule has 1 aromatic rings. The van der Waals surface area contributed by atoms with Crippen LogP contribution in [0.15, 0.2) is 23.1 Å². The maximum Gasteiger partial charge on any atom is 0.335 e. The van der Waals surface area contributed by atoms with Crippen LogP contribution in [0.2, 0.25) is 0 Å². The molecule has 0 aliphatic rings. The van der Waals surface area contributed by atoms with E-state index in [9.17, 15) is 13.2 Å². The van der Waals surface area contributed by atoms with Crippen molar-refractivity contribution >= 4 is 27.8 Å². The lowest BCUT2D eigenvalue weighted by atomic mass is 10.1. The van der Waals surface area contributed by atoms with Crippen molar-refractivity contribution in [1.82, 2.24) is 4.72 Å². The lowest BCUT2D eigenvalue weighted by Gasteiger charge is -2.15. The fourth-order valence-corrected chi connectivity index (χ4v) is 3.95. The van der Waals surface area contributed by atoms with Gasteiger partial charge in [0.05, 0.1) is 10.5 Å². The van der Waals surface area contributed by atoms with E-state index in [-0.39, 0.29) is 22.1 Å². The van der Waals surface area contributed by atoms with Crippen molar-refractivity contribution < 1.29 is 18.3 Å². The van der Waals surface area contributed by atoms with E-state index in [0.717, 1.165) is 0 Å². The number of hydrogen-bond acceptors (Lipinski definition) is 4. The van der Waals surface area contributed by atoms with Gasteiger partial charge in [-0.3, -0.25) is 0 Å². The molecule has 106 valence electrons. The molecule has 1 atom stereocenters. The van der Waals surface area contributed by atoms with E-state index in [0.29, 0.717) is 5.75 Å². The number of rotatable bonds is 6. The van der Waals surface area contributed by atoms with E-state index in [2.05, 4.69) is 4.72 Å². The van der Waals surface area contributed by atoms with Crippen LogP contribution in [-0.4, -0.2) is 37.5 Å². The quantitative estimate of drug-likeness (QED) is 0.836. The minimum Gasteiger partial charge on any atom is -0.478 e. The molecule has 0 amide bonds. The van der Waals surface area contributed by atoms with Crippen LogP contribution in [0.25, 0.3) is 0 Å². The van der Waals surface area contributed by atoms with E-state index in [4.69, 9.17) is 5.11 Å². The van der Waals surface area contributed by atoms with Gasteiger partial charge in [0.1, 0.15) is 0 Å². The Morgan fingerprint density at radius 3 is 2.63 bits per heavy atom.